The largest absolute Gasteiger partial charge is 0.494 e. The molecule has 10 rings (SSSR count). The zero-order valence-electron chi connectivity index (χ0n) is 60.2. The summed E-state index contributed by atoms with van der Waals surface area (Å²) in [6.45, 7) is 6.78. The molecule has 0 radical (unpaired) electrons. The Bertz CT molecular complexity index is 4420. The summed E-state index contributed by atoms with van der Waals surface area (Å²) in [4.78, 5) is 99.4. The van der Waals surface area contributed by atoms with Crippen molar-refractivity contribution in [1.29, 1.82) is 10.8 Å². The molecule has 2 heterocycles. The molecule has 1 spiro atoms. The van der Waals surface area contributed by atoms with Crippen molar-refractivity contribution in [3.05, 3.63) is 179 Å². The van der Waals surface area contributed by atoms with Gasteiger partial charge in [-0.15, -0.1) is 0 Å². The molecule has 13 N–H and O–H groups in total. The summed E-state index contributed by atoms with van der Waals surface area (Å²) in [6.07, 6.45) is 9.13. The van der Waals surface area contributed by atoms with Gasteiger partial charge in [0, 0.05) is 60.6 Å². The predicted molar refractivity (Wildman–Crippen MR) is 407 cm³/mol. The fourth-order valence-corrected chi connectivity index (χ4v) is 14.1. The highest BCUT2D eigenvalue weighted by atomic mass is 31.1. The number of aryl methyl sites for hydroxylation is 1. The Labute approximate surface area is 618 Å². The smallest absolute Gasteiger partial charge is 0.343 e. The fourth-order valence-electron chi connectivity index (χ4n) is 13.8. The number of amides is 4. The number of carbonyl (C=O) groups is 7. The molecule has 1 saturated heterocycles. The third-order valence-electron chi connectivity index (χ3n) is 19.8. The van der Waals surface area contributed by atoms with Crippen LogP contribution in [-0.2, 0) is 34.1 Å². The maximum atomic E-state index is 15.0. The number of piperidine rings is 1. The summed E-state index contributed by atoms with van der Waals surface area (Å²) in [7, 11) is 4.46. The molecule has 26 heteroatoms. The SMILES string of the molecule is C=PNCCCC[C@H](N)C(=O)NC(CCC(=O)NCCCCOc1ccc(C(=O)Oc2ccc3cc(C(=N)N)ccc3c2)cc1)C(=O)NC(CCC(=O)NCCCCOc1ccc(C(=O)Oc2ccc3cc(C(=N)N)ccc3c2)cc1)C(=O)OC1=CC[C@H]2[C@@H](C)N(C)CC[C@@]23c2c(C)ccc(OC)c2O[C@@H]13. The van der Waals surface area contributed by atoms with E-state index in [-0.39, 0.29) is 68.2 Å². The van der Waals surface area contributed by atoms with Crippen molar-refractivity contribution in [2.75, 3.05) is 53.6 Å². The average Bonchev–Trinajstić information content (AvgIpc) is 1.52. The first kappa shape index (κ1) is 77.9. The van der Waals surface area contributed by atoms with E-state index < -0.39 is 71.2 Å². The number of ether oxygens (including phenoxy) is 7. The maximum Gasteiger partial charge on any atom is 0.343 e. The number of likely N-dealkylation sites (tertiary alicyclic amines) is 1. The first-order valence-corrected chi connectivity index (χ1v) is 36.9. The number of hydrogen-bond donors (Lipinski definition) is 10. The monoisotopic (exact) mass is 1460 g/mol. The number of hydrogen-bond acceptors (Lipinski definition) is 19. The van der Waals surface area contributed by atoms with Gasteiger partial charge in [-0.2, -0.15) is 0 Å². The minimum Gasteiger partial charge on any atom is -0.494 e. The topological polar surface area (TPSA) is 373 Å². The van der Waals surface area contributed by atoms with Crippen LogP contribution in [0, 0.1) is 23.7 Å². The first-order chi connectivity index (χ1) is 51.1. The lowest BCUT2D eigenvalue weighted by Gasteiger charge is -2.53. The lowest BCUT2D eigenvalue weighted by Crippen LogP contribution is -2.60. The number of esters is 3. The van der Waals surface area contributed by atoms with Crippen LogP contribution in [0.5, 0.6) is 34.5 Å². The van der Waals surface area contributed by atoms with Gasteiger partial charge in [0.25, 0.3) is 0 Å². The minimum absolute atomic E-state index is 0.0404. The molecule has 25 nitrogen and oxygen atoms in total. The Morgan fingerprint density at radius 2 is 1.12 bits per heavy atom. The number of unbranched alkanes of at least 4 members (excludes halogenated alkanes) is 3. The normalized spacial score (nSPS) is 17.3. The van der Waals surface area contributed by atoms with Crippen molar-refractivity contribution in [2.45, 2.75) is 133 Å². The molecule has 0 bridgehead atoms. The van der Waals surface area contributed by atoms with Gasteiger partial charge in [-0.25, -0.2) is 14.4 Å². The van der Waals surface area contributed by atoms with E-state index in [1.54, 1.807) is 116 Å². The molecule has 7 atom stereocenters. The number of nitrogens with two attached hydrogens (primary N) is 3. The molecule has 558 valence electrons. The van der Waals surface area contributed by atoms with Crippen LogP contribution in [-0.4, -0.2) is 148 Å². The second-order valence-corrected chi connectivity index (χ2v) is 27.6. The van der Waals surface area contributed by atoms with Crippen LogP contribution in [0.2, 0.25) is 0 Å². The van der Waals surface area contributed by atoms with E-state index in [2.05, 4.69) is 51.5 Å². The van der Waals surface area contributed by atoms with Crippen molar-refractivity contribution in [1.82, 2.24) is 31.3 Å². The molecule has 7 aromatic carbocycles. The number of amidine groups is 2. The molecule has 0 aromatic heterocycles. The number of benzene rings is 7. The van der Waals surface area contributed by atoms with Crippen LogP contribution >= 0.6 is 8.35 Å². The van der Waals surface area contributed by atoms with Gasteiger partial charge in [0.2, 0.25) is 23.6 Å². The van der Waals surface area contributed by atoms with E-state index in [4.69, 9.17) is 61.2 Å². The van der Waals surface area contributed by atoms with E-state index in [1.807, 2.05) is 37.3 Å². The van der Waals surface area contributed by atoms with E-state index in [0.717, 1.165) is 54.0 Å². The van der Waals surface area contributed by atoms with Gasteiger partial charge in [0.05, 0.1) is 37.5 Å². The number of carbonyl (C=O) groups excluding carboxylic acids is 7. The summed E-state index contributed by atoms with van der Waals surface area (Å²) in [5, 5.41) is 33.3. The quantitative estimate of drug-likeness (QED) is 0.00433. The standard InChI is InChI=1S/C80H94N11O14P/c1-48-13-33-66(99-4)71-70(48)80-37-41-91(3)49(2)62(80)30-34-67(72(80)105-71)104-79(98)65(32-36-69(93)87-39-9-11-43-101-59-26-20-51(21-27-59)78(97)103-61-29-23-53-45-57(74(84)85)17-15-55(53)47-61)90-76(95)64(89-75(94)63(81)12-6-7-40-88-106-5)31-35-68(92)86-38-8-10-42-100-58-24-18-50(19-25-58)77(96)102-60-28-22-52-44-56(73(82)83)16-14-54(52)46-60/h13-29,33-34,44-47,49,62-65,72,88H,5-12,30-32,35-43,81H2,1-4H3,(H3,82,83)(H3,84,85)(H,86,92)(H,87,93)(H,89,94)(H,90,95)/t49-,62+,63+,64?,65?,72+,80+/m1/s1. The summed E-state index contributed by atoms with van der Waals surface area (Å²) in [5.74, 6) is -1.01. The molecule has 106 heavy (non-hydrogen) atoms. The molecule has 4 amide bonds. The van der Waals surface area contributed by atoms with E-state index in [1.165, 1.54) is 0 Å². The van der Waals surface area contributed by atoms with Crippen molar-refractivity contribution in [3.8, 4) is 34.5 Å². The highest BCUT2D eigenvalue weighted by Gasteiger charge is 2.62. The number of rotatable bonds is 37. The number of methoxy groups -OCH3 is 1. The lowest BCUT2D eigenvalue weighted by atomic mass is 9.57. The molecule has 2 unspecified atom stereocenters. The van der Waals surface area contributed by atoms with Gasteiger partial charge < -0.3 is 76.5 Å². The van der Waals surface area contributed by atoms with Crippen LogP contribution in [0.3, 0.4) is 0 Å². The first-order valence-electron chi connectivity index (χ1n) is 35.8. The zero-order chi connectivity index (χ0) is 75.4. The van der Waals surface area contributed by atoms with Crippen LogP contribution in [0.25, 0.3) is 21.5 Å². The van der Waals surface area contributed by atoms with Gasteiger partial charge in [-0.3, -0.25) is 35.1 Å². The molecule has 3 aliphatic rings. The van der Waals surface area contributed by atoms with Gasteiger partial charge >= 0.3 is 17.9 Å². The van der Waals surface area contributed by atoms with Gasteiger partial charge in [0.15, 0.2) is 17.6 Å². The molecule has 1 fully saturated rings. The van der Waals surface area contributed by atoms with E-state index >= 15 is 0 Å². The molecular formula is C80H94N11O14P. The van der Waals surface area contributed by atoms with E-state index in [9.17, 15) is 33.6 Å². The molecule has 7 aromatic rings. The summed E-state index contributed by atoms with van der Waals surface area (Å²) >= 11 is 0. The Balaban J connectivity index is 0.747. The predicted octanol–water partition coefficient (Wildman–Crippen LogP) is 9.35. The van der Waals surface area contributed by atoms with Crippen molar-refractivity contribution < 1.29 is 66.7 Å². The van der Waals surface area contributed by atoms with E-state index in [0.29, 0.717) is 128 Å². The Morgan fingerprint density at radius 3 is 1.66 bits per heavy atom. The Hall–Kier alpha value is -10.7. The summed E-state index contributed by atoms with van der Waals surface area (Å²) < 4.78 is 42.3. The minimum atomic E-state index is -1.43. The highest BCUT2D eigenvalue weighted by molar-refractivity contribution is 7.34. The zero-order valence-corrected chi connectivity index (χ0v) is 61.1. The summed E-state index contributed by atoms with van der Waals surface area (Å²) in [6, 6.07) is 34.4. The number of fused-ring (bicyclic) bond motifs is 3. The lowest BCUT2D eigenvalue weighted by molar-refractivity contribution is -0.147. The molecular weight excluding hydrogens is 1370 g/mol. The highest BCUT2D eigenvalue weighted by Crippen LogP contribution is 2.61. The molecule has 2 aliphatic heterocycles. The number of nitrogen functional groups attached to an aromatic ring is 2. The number of nitrogens with zero attached hydrogens (tertiary/aromatic N) is 1. The summed E-state index contributed by atoms with van der Waals surface area (Å²) in [5.41, 5.74) is 20.9. The van der Waals surface area contributed by atoms with Crippen LogP contribution < -0.4 is 72.0 Å². The van der Waals surface area contributed by atoms with Crippen LogP contribution in [0.15, 0.2) is 145 Å². The third kappa shape index (κ3) is 19.8. The van der Waals surface area contributed by atoms with Crippen molar-refractivity contribution in [2.24, 2.45) is 23.1 Å². The number of nitrogens with one attached hydrogen (secondary N) is 7. The number of allylic oxidation sites excluding steroid dienone is 1. The second-order valence-electron chi connectivity index (χ2n) is 26.9. The molecule has 1 aliphatic carbocycles. The van der Waals surface area contributed by atoms with Crippen LogP contribution in [0.4, 0.5) is 0 Å². The average molecular weight is 1460 g/mol. The van der Waals surface area contributed by atoms with Gasteiger partial charge in [0.1, 0.15) is 52.5 Å². The molecule has 0 saturated carbocycles. The Morgan fingerprint density at radius 1 is 0.623 bits per heavy atom. The van der Waals surface area contributed by atoms with Gasteiger partial charge in [-0.05, 0) is 230 Å². The second kappa shape index (κ2) is 36.8. The fraction of sp³-hybridized carbons (Fsp3) is 0.375. The third-order valence-corrected chi connectivity index (χ3v) is 20.3. The van der Waals surface area contributed by atoms with Crippen molar-refractivity contribution in [3.63, 3.8) is 0 Å². The maximum absolute atomic E-state index is 15.0. The Kier molecular flexibility index (Phi) is 27.0. The van der Waals surface area contributed by atoms with Crippen molar-refractivity contribution >= 4 is 89.4 Å². The van der Waals surface area contributed by atoms with Crippen LogP contribution in [0.1, 0.15) is 133 Å². The van der Waals surface area contributed by atoms with Gasteiger partial charge in [-0.1, -0.05) is 55.2 Å².